The highest BCUT2D eigenvalue weighted by molar-refractivity contribution is 8.00. The Balaban J connectivity index is 1.46. The summed E-state index contributed by atoms with van der Waals surface area (Å²) in [6.45, 7) is 2.52. The summed E-state index contributed by atoms with van der Waals surface area (Å²) in [6, 6.07) is 24.6. The van der Waals surface area contributed by atoms with Crippen LogP contribution in [0.3, 0.4) is 0 Å². The van der Waals surface area contributed by atoms with Crippen LogP contribution < -0.4 is 20.2 Å². The molecule has 0 bridgehead atoms. The summed E-state index contributed by atoms with van der Waals surface area (Å²) in [6.07, 6.45) is 0. The highest BCUT2D eigenvalue weighted by Crippen LogP contribution is 2.39. The van der Waals surface area contributed by atoms with Crippen molar-refractivity contribution in [2.75, 3.05) is 24.5 Å². The number of fused-ring (bicyclic) bond motifs is 1. The van der Waals surface area contributed by atoms with Crippen LogP contribution in [-0.2, 0) is 4.79 Å². The molecule has 0 fully saturated rings. The van der Waals surface area contributed by atoms with Crippen LogP contribution in [0, 0.1) is 0 Å². The number of nitrogens with zero attached hydrogens (tertiary/aromatic N) is 3. The molecule has 4 aromatic rings. The lowest BCUT2D eigenvalue weighted by molar-refractivity contribution is -0.116. The third-order valence-electron chi connectivity index (χ3n) is 5.63. The molecule has 0 saturated heterocycles. The summed E-state index contributed by atoms with van der Waals surface area (Å²) in [4.78, 5) is 13.5. The Morgan fingerprint density at radius 3 is 2.40 bits per heavy atom. The second-order valence-corrected chi connectivity index (χ2v) is 8.98. The first kappa shape index (κ1) is 22.8. The van der Waals surface area contributed by atoms with E-state index in [0.29, 0.717) is 23.3 Å². The standard InChI is InChI=1S/C26H25N5O3S/c1-3-34-21-15-11-19(12-16-21)27-25(32)23-22(17-9-13-20(33-2)14-10-17)30-31-24(28-29-26(31)35-23)18-7-5-4-6-8-18/h4-16,22-23,30H,3H2,1-2H3,(H,27,32)/t22-,23+/m0/s1. The van der Waals surface area contributed by atoms with Crippen LogP contribution in [0.4, 0.5) is 5.69 Å². The quantitative estimate of drug-likeness (QED) is 0.389. The van der Waals surface area contributed by atoms with Crippen molar-refractivity contribution in [3.05, 3.63) is 84.4 Å². The summed E-state index contributed by atoms with van der Waals surface area (Å²) in [5, 5.41) is 11.9. The Kier molecular flexibility index (Phi) is 6.58. The molecule has 2 atom stereocenters. The lowest BCUT2D eigenvalue weighted by atomic mass is 10.0. The lowest BCUT2D eigenvalue weighted by Crippen LogP contribution is -2.41. The number of benzene rings is 3. The monoisotopic (exact) mass is 487 g/mol. The van der Waals surface area contributed by atoms with Gasteiger partial charge in [0.15, 0.2) is 5.82 Å². The SMILES string of the molecule is CCOc1ccc(NC(=O)[C@@H]2Sc3nnc(-c4ccccc4)n3N[C@H]2c2ccc(OC)cc2)cc1. The van der Waals surface area contributed by atoms with E-state index < -0.39 is 5.25 Å². The molecule has 1 aliphatic rings. The zero-order chi connectivity index (χ0) is 24.2. The summed E-state index contributed by atoms with van der Waals surface area (Å²) >= 11 is 1.38. The van der Waals surface area contributed by atoms with Gasteiger partial charge in [-0.1, -0.05) is 54.2 Å². The number of anilines is 1. The molecule has 8 nitrogen and oxygen atoms in total. The molecule has 178 valence electrons. The van der Waals surface area contributed by atoms with E-state index in [4.69, 9.17) is 9.47 Å². The minimum absolute atomic E-state index is 0.136. The van der Waals surface area contributed by atoms with Gasteiger partial charge in [0, 0.05) is 11.3 Å². The normalized spacial score (nSPS) is 16.6. The number of rotatable bonds is 7. The van der Waals surface area contributed by atoms with Crippen molar-refractivity contribution >= 4 is 23.4 Å². The van der Waals surface area contributed by atoms with Gasteiger partial charge in [0.2, 0.25) is 11.1 Å². The number of aromatic nitrogens is 3. The van der Waals surface area contributed by atoms with E-state index in [-0.39, 0.29) is 11.9 Å². The van der Waals surface area contributed by atoms with Crippen molar-refractivity contribution in [2.45, 2.75) is 23.4 Å². The second kappa shape index (κ2) is 10.1. The third-order valence-corrected chi connectivity index (χ3v) is 6.85. The van der Waals surface area contributed by atoms with Crippen molar-refractivity contribution in [2.24, 2.45) is 0 Å². The van der Waals surface area contributed by atoms with E-state index in [0.717, 1.165) is 22.6 Å². The average molecular weight is 488 g/mol. The predicted molar refractivity (Wildman–Crippen MR) is 136 cm³/mol. The number of thioether (sulfide) groups is 1. The van der Waals surface area contributed by atoms with E-state index in [1.807, 2.05) is 90.5 Å². The molecule has 1 aliphatic heterocycles. The van der Waals surface area contributed by atoms with Gasteiger partial charge in [-0.25, -0.2) is 4.68 Å². The molecule has 0 spiro atoms. The summed E-state index contributed by atoms with van der Waals surface area (Å²) < 4.78 is 12.7. The van der Waals surface area contributed by atoms with Gasteiger partial charge in [0.05, 0.1) is 19.8 Å². The fourth-order valence-electron chi connectivity index (χ4n) is 3.91. The topological polar surface area (TPSA) is 90.3 Å². The molecule has 2 N–H and O–H groups in total. The van der Waals surface area contributed by atoms with Gasteiger partial charge >= 0.3 is 0 Å². The fourth-order valence-corrected chi connectivity index (χ4v) is 4.98. The van der Waals surface area contributed by atoms with Crippen molar-refractivity contribution in [3.8, 4) is 22.9 Å². The smallest absolute Gasteiger partial charge is 0.240 e. The number of nitrogens with one attached hydrogen (secondary N) is 2. The molecule has 5 rings (SSSR count). The molecule has 9 heteroatoms. The van der Waals surface area contributed by atoms with Gasteiger partial charge in [-0.15, -0.1) is 10.2 Å². The Hall–Kier alpha value is -3.98. The van der Waals surface area contributed by atoms with E-state index in [9.17, 15) is 4.79 Å². The van der Waals surface area contributed by atoms with Crippen LogP contribution in [-0.4, -0.2) is 39.7 Å². The van der Waals surface area contributed by atoms with Crippen LogP contribution >= 0.6 is 11.8 Å². The summed E-state index contributed by atoms with van der Waals surface area (Å²) in [5.74, 6) is 2.07. The molecule has 2 heterocycles. The zero-order valence-electron chi connectivity index (χ0n) is 19.3. The van der Waals surface area contributed by atoms with Gasteiger partial charge in [0.25, 0.3) is 0 Å². The van der Waals surface area contributed by atoms with Gasteiger partial charge in [-0.2, -0.15) is 0 Å². The molecular formula is C26H25N5O3S. The Morgan fingerprint density at radius 1 is 1.00 bits per heavy atom. The number of carbonyl (C=O) groups is 1. The predicted octanol–water partition coefficient (Wildman–Crippen LogP) is 4.75. The first-order valence-electron chi connectivity index (χ1n) is 11.3. The van der Waals surface area contributed by atoms with Crippen LogP contribution in [0.15, 0.2) is 84.0 Å². The van der Waals surface area contributed by atoms with E-state index in [2.05, 4.69) is 20.9 Å². The number of hydrogen-bond acceptors (Lipinski definition) is 7. The molecule has 0 saturated carbocycles. The Morgan fingerprint density at radius 2 is 1.71 bits per heavy atom. The van der Waals surface area contributed by atoms with Crippen LogP contribution in [0.25, 0.3) is 11.4 Å². The van der Waals surface area contributed by atoms with E-state index in [1.54, 1.807) is 7.11 Å². The van der Waals surface area contributed by atoms with Gasteiger partial charge in [0.1, 0.15) is 16.7 Å². The van der Waals surface area contributed by atoms with Crippen LogP contribution in [0.1, 0.15) is 18.5 Å². The van der Waals surface area contributed by atoms with Crippen LogP contribution in [0.5, 0.6) is 11.5 Å². The maximum absolute atomic E-state index is 13.5. The molecule has 35 heavy (non-hydrogen) atoms. The van der Waals surface area contributed by atoms with E-state index in [1.165, 1.54) is 11.8 Å². The minimum Gasteiger partial charge on any atom is -0.497 e. The molecule has 3 aromatic carbocycles. The molecule has 1 aromatic heterocycles. The fraction of sp³-hybridized carbons (Fsp3) is 0.192. The molecule has 0 aliphatic carbocycles. The summed E-state index contributed by atoms with van der Waals surface area (Å²) in [7, 11) is 1.63. The highest BCUT2D eigenvalue weighted by Gasteiger charge is 2.38. The van der Waals surface area contributed by atoms with Crippen molar-refractivity contribution in [1.29, 1.82) is 0 Å². The van der Waals surface area contributed by atoms with Crippen LogP contribution in [0.2, 0.25) is 0 Å². The molecule has 0 unspecified atom stereocenters. The number of hydrogen-bond donors (Lipinski definition) is 2. The van der Waals surface area contributed by atoms with Gasteiger partial charge < -0.3 is 20.2 Å². The second-order valence-electron chi connectivity index (χ2n) is 7.87. The number of carbonyl (C=O) groups excluding carboxylic acids is 1. The largest absolute Gasteiger partial charge is 0.497 e. The summed E-state index contributed by atoms with van der Waals surface area (Å²) in [5.41, 5.74) is 6.07. The average Bonchev–Trinajstić information content (AvgIpc) is 3.33. The van der Waals surface area contributed by atoms with Crippen molar-refractivity contribution in [1.82, 2.24) is 14.9 Å². The minimum atomic E-state index is -0.490. The van der Waals surface area contributed by atoms with Gasteiger partial charge in [-0.05, 0) is 48.9 Å². The third kappa shape index (κ3) is 4.81. The zero-order valence-corrected chi connectivity index (χ0v) is 20.2. The molecule has 0 radical (unpaired) electrons. The first-order chi connectivity index (χ1) is 17.2. The first-order valence-corrected chi connectivity index (χ1v) is 12.2. The number of amides is 1. The van der Waals surface area contributed by atoms with Crippen molar-refractivity contribution in [3.63, 3.8) is 0 Å². The number of methoxy groups -OCH3 is 1. The highest BCUT2D eigenvalue weighted by atomic mass is 32.2. The van der Waals surface area contributed by atoms with E-state index >= 15 is 0 Å². The Labute approximate surface area is 207 Å². The maximum Gasteiger partial charge on any atom is 0.240 e. The lowest BCUT2D eigenvalue weighted by Gasteiger charge is -2.33. The Bertz CT molecular complexity index is 1290. The molecule has 1 amide bonds. The maximum atomic E-state index is 13.5. The molecular weight excluding hydrogens is 462 g/mol. The van der Waals surface area contributed by atoms with Crippen molar-refractivity contribution < 1.29 is 14.3 Å². The number of ether oxygens (including phenoxy) is 2. The van der Waals surface area contributed by atoms with Gasteiger partial charge in [-0.3, -0.25) is 4.79 Å².